The maximum Gasteiger partial charge on any atom is 0.236 e. The van der Waals surface area contributed by atoms with E-state index in [1.807, 2.05) is 0 Å². The molecule has 0 saturated carbocycles. The second-order valence-electron chi connectivity index (χ2n) is 3.60. The first kappa shape index (κ1) is 12.8. The maximum absolute atomic E-state index is 11.1. The van der Waals surface area contributed by atoms with Crippen LogP contribution in [-0.2, 0) is 14.8 Å². The van der Waals surface area contributed by atoms with E-state index in [1.54, 1.807) is 12.1 Å². The first-order valence-corrected chi connectivity index (χ1v) is 7.82. The van der Waals surface area contributed by atoms with Gasteiger partial charge in [0, 0.05) is 22.7 Å². The van der Waals surface area contributed by atoms with Gasteiger partial charge >= 0.3 is 0 Å². The molecule has 0 fully saturated rings. The molecule has 0 unspecified atom stereocenters. The zero-order valence-electron chi connectivity index (χ0n) is 8.78. The van der Waals surface area contributed by atoms with Crippen molar-refractivity contribution in [3.63, 3.8) is 0 Å². The lowest BCUT2D eigenvalue weighted by Gasteiger charge is -2.12. The van der Waals surface area contributed by atoms with Crippen LogP contribution in [0.25, 0.3) is 0 Å². The largest absolute Gasteiger partial charge is 0.489 e. The van der Waals surface area contributed by atoms with Crippen LogP contribution in [-0.4, -0.2) is 21.6 Å². The van der Waals surface area contributed by atoms with Crippen LogP contribution >= 0.6 is 22.3 Å². The number of benzene rings is 1. The number of ether oxygens (including phenoxy) is 2. The summed E-state index contributed by atoms with van der Waals surface area (Å²) in [5.74, 6) is 0.457. The molecule has 0 radical (unpaired) electrons. The quantitative estimate of drug-likeness (QED) is 0.787. The fourth-order valence-electron chi connectivity index (χ4n) is 1.58. The molecule has 4 nitrogen and oxygen atoms in total. The molecule has 0 spiro atoms. The van der Waals surface area contributed by atoms with E-state index in [2.05, 4.69) is 0 Å². The topological polar surface area (TPSA) is 52.6 Å². The van der Waals surface area contributed by atoms with Gasteiger partial charge in [-0.2, -0.15) is 0 Å². The van der Waals surface area contributed by atoms with Crippen LogP contribution < -0.4 is 9.47 Å². The van der Waals surface area contributed by atoms with Gasteiger partial charge in [0.1, 0.15) is 0 Å². The number of fused-ring (bicyclic) bond motifs is 1. The first-order valence-electron chi connectivity index (χ1n) is 4.97. The van der Waals surface area contributed by atoms with Gasteiger partial charge < -0.3 is 9.47 Å². The molecule has 0 amide bonds. The number of hydrogen-bond donors (Lipinski definition) is 0. The van der Waals surface area contributed by atoms with Crippen molar-refractivity contribution in [2.75, 3.05) is 13.2 Å². The van der Waals surface area contributed by atoms with Crippen LogP contribution in [0.5, 0.6) is 11.5 Å². The lowest BCUT2D eigenvalue weighted by atomic mass is 10.2. The van der Waals surface area contributed by atoms with Crippen LogP contribution in [0.1, 0.15) is 12.0 Å². The zero-order chi connectivity index (χ0) is 12.5. The lowest BCUT2D eigenvalue weighted by molar-refractivity contribution is 0.296. The molecule has 0 bridgehead atoms. The van der Waals surface area contributed by atoms with E-state index in [1.165, 1.54) is 0 Å². The van der Waals surface area contributed by atoms with Gasteiger partial charge in [-0.15, -0.1) is 0 Å². The molecule has 0 atom stereocenters. The Morgan fingerprint density at radius 1 is 1.18 bits per heavy atom. The minimum Gasteiger partial charge on any atom is -0.489 e. The molecule has 0 N–H and O–H groups in total. The van der Waals surface area contributed by atoms with Crippen molar-refractivity contribution in [3.05, 3.63) is 22.7 Å². The van der Waals surface area contributed by atoms with Crippen LogP contribution in [0.3, 0.4) is 0 Å². The van der Waals surface area contributed by atoms with Crippen molar-refractivity contribution < 1.29 is 17.9 Å². The van der Waals surface area contributed by atoms with Gasteiger partial charge in [0.25, 0.3) is 0 Å². The Kier molecular flexibility index (Phi) is 3.70. The maximum atomic E-state index is 11.1. The predicted molar refractivity (Wildman–Crippen MR) is 65.5 cm³/mol. The van der Waals surface area contributed by atoms with E-state index in [4.69, 9.17) is 31.8 Å². The number of rotatable bonds is 2. The second kappa shape index (κ2) is 4.92. The predicted octanol–water partition coefficient (Wildman–Crippen LogP) is 2.57. The summed E-state index contributed by atoms with van der Waals surface area (Å²) in [5, 5.41) is 0.401. The molecule has 1 aromatic rings. The third kappa shape index (κ3) is 3.18. The Morgan fingerprint density at radius 2 is 1.82 bits per heavy atom. The second-order valence-corrected chi connectivity index (χ2v) is 6.78. The summed E-state index contributed by atoms with van der Waals surface area (Å²) in [5.41, 5.74) is 0.460. The summed E-state index contributed by atoms with van der Waals surface area (Å²) in [4.78, 5) is 0. The van der Waals surface area contributed by atoms with Crippen molar-refractivity contribution >= 4 is 31.3 Å². The van der Waals surface area contributed by atoms with E-state index in [-0.39, 0.29) is 5.75 Å². The average molecular weight is 297 g/mol. The smallest absolute Gasteiger partial charge is 0.236 e. The van der Waals surface area contributed by atoms with E-state index < -0.39 is 9.05 Å². The molecule has 1 aliphatic heterocycles. The molecule has 17 heavy (non-hydrogen) atoms. The minimum atomic E-state index is -3.64. The van der Waals surface area contributed by atoms with Crippen LogP contribution in [0.2, 0.25) is 5.02 Å². The van der Waals surface area contributed by atoms with E-state index >= 15 is 0 Å². The molecule has 0 aromatic heterocycles. The zero-order valence-corrected chi connectivity index (χ0v) is 11.1. The monoisotopic (exact) mass is 296 g/mol. The molecule has 2 rings (SSSR count). The molecular formula is C10H10Cl2O4S. The highest BCUT2D eigenvalue weighted by molar-refractivity contribution is 8.13. The van der Waals surface area contributed by atoms with Crippen LogP contribution in [0, 0.1) is 0 Å². The Hall–Kier alpha value is -0.650. The molecule has 0 aliphatic carbocycles. The van der Waals surface area contributed by atoms with Crippen molar-refractivity contribution in [3.8, 4) is 11.5 Å². The van der Waals surface area contributed by atoms with Gasteiger partial charge in [-0.3, -0.25) is 0 Å². The van der Waals surface area contributed by atoms with Gasteiger partial charge in [0.15, 0.2) is 11.5 Å². The van der Waals surface area contributed by atoms with Crippen molar-refractivity contribution in [2.24, 2.45) is 0 Å². The van der Waals surface area contributed by atoms with Crippen molar-refractivity contribution in [2.45, 2.75) is 12.2 Å². The third-order valence-corrected chi connectivity index (χ3v) is 3.54. The number of hydrogen-bond acceptors (Lipinski definition) is 4. The molecule has 7 heteroatoms. The first-order chi connectivity index (χ1) is 7.97. The van der Waals surface area contributed by atoms with E-state index in [9.17, 15) is 8.42 Å². The Balaban J connectivity index is 2.47. The molecule has 1 heterocycles. The molecular weight excluding hydrogens is 287 g/mol. The fraction of sp³-hybridized carbons (Fsp3) is 0.400. The summed E-state index contributed by atoms with van der Waals surface area (Å²) in [6.45, 7) is 0.951. The fourth-order valence-corrected chi connectivity index (χ4v) is 2.73. The van der Waals surface area contributed by atoms with Gasteiger partial charge in [0.05, 0.1) is 24.0 Å². The van der Waals surface area contributed by atoms with E-state index in [0.717, 1.165) is 6.42 Å². The SMILES string of the molecule is O=S(=O)(Cl)Cc1ccc(Cl)c2c1OCCCO2. The summed E-state index contributed by atoms with van der Waals surface area (Å²) in [6, 6.07) is 3.16. The Labute approximate surface area is 109 Å². The average Bonchev–Trinajstić information content (AvgIpc) is 2.46. The highest BCUT2D eigenvalue weighted by atomic mass is 35.7. The summed E-state index contributed by atoms with van der Waals surface area (Å²) < 4.78 is 33.1. The molecule has 0 saturated heterocycles. The molecule has 94 valence electrons. The minimum absolute atomic E-state index is 0.308. The van der Waals surface area contributed by atoms with Crippen molar-refractivity contribution in [1.29, 1.82) is 0 Å². The number of halogens is 2. The van der Waals surface area contributed by atoms with Crippen molar-refractivity contribution in [1.82, 2.24) is 0 Å². The lowest BCUT2D eigenvalue weighted by Crippen LogP contribution is -2.01. The molecule has 1 aromatic carbocycles. The van der Waals surface area contributed by atoms with Crippen LogP contribution in [0.15, 0.2) is 12.1 Å². The highest BCUT2D eigenvalue weighted by Crippen LogP contribution is 2.40. The summed E-state index contributed by atoms with van der Waals surface area (Å²) >= 11 is 5.97. The van der Waals surface area contributed by atoms with Gasteiger partial charge in [0.2, 0.25) is 9.05 Å². The van der Waals surface area contributed by atoms with Gasteiger partial charge in [-0.25, -0.2) is 8.42 Å². The van der Waals surface area contributed by atoms with Gasteiger partial charge in [-0.1, -0.05) is 17.7 Å². The third-order valence-electron chi connectivity index (χ3n) is 2.26. The Morgan fingerprint density at radius 3 is 2.47 bits per heavy atom. The van der Waals surface area contributed by atoms with Crippen LogP contribution in [0.4, 0.5) is 0 Å². The Bertz CT molecular complexity index is 527. The summed E-state index contributed by atoms with van der Waals surface area (Å²) in [7, 11) is 1.59. The molecule has 1 aliphatic rings. The highest BCUT2D eigenvalue weighted by Gasteiger charge is 2.21. The van der Waals surface area contributed by atoms with Gasteiger partial charge in [-0.05, 0) is 6.07 Å². The summed E-state index contributed by atoms with van der Waals surface area (Å²) in [6.07, 6.45) is 0.720. The standard InChI is InChI=1S/C10H10Cl2O4S/c11-8-3-2-7(6-17(12,13)14)9-10(8)16-5-1-4-15-9/h2-3H,1,4-6H2. The normalized spacial score (nSPS) is 15.4. The van der Waals surface area contributed by atoms with E-state index in [0.29, 0.717) is 35.3 Å².